The molecule has 2 aromatic carbocycles. The van der Waals surface area contributed by atoms with Crippen molar-refractivity contribution in [3.8, 4) is 0 Å². The molecule has 0 aliphatic rings. The summed E-state index contributed by atoms with van der Waals surface area (Å²) in [6, 6.07) is 14.1. The number of nitrogens with zero attached hydrogens (tertiary/aromatic N) is 1. The van der Waals surface area contributed by atoms with Crippen molar-refractivity contribution in [3.05, 3.63) is 98.0 Å². The van der Waals surface area contributed by atoms with E-state index in [1.165, 1.54) is 53.8 Å². The predicted octanol–water partition coefficient (Wildman–Crippen LogP) is 4.00. The lowest BCUT2D eigenvalue weighted by Gasteiger charge is -2.18. The number of hydrogen-bond acceptors (Lipinski definition) is 5. The van der Waals surface area contributed by atoms with Gasteiger partial charge in [0.1, 0.15) is 5.82 Å². The molecule has 0 radical (unpaired) electrons. The smallest absolute Gasteiger partial charge is 0.258 e. The van der Waals surface area contributed by atoms with Gasteiger partial charge >= 0.3 is 0 Å². The lowest BCUT2D eigenvalue weighted by Crippen LogP contribution is -2.30. The molecule has 140 valence electrons. The zero-order valence-electron chi connectivity index (χ0n) is 13.9. The molecule has 1 N–H and O–H groups in total. The summed E-state index contributed by atoms with van der Waals surface area (Å²) in [5.41, 5.74) is 0.418. The Morgan fingerprint density at radius 1 is 1.07 bits per heavy atom. The quantitative estimate of drug-likeness (QED) is 0.474. The third-order valence-corrected chi connectivity index (χ3v) is 6.09. The van der Waals surface area contributed by atoms with E-state index >= 15 is 0 Å². The van der Waals surface area contributed by atoms with Crippen molar-refractivity contribution in [1.82, 2.24) is 4.72 Å². The van der Waals surface area contributed by atoms with Gasteiger partial charge in [-0.3, -0.25) is 10.1 Å². The summed E-state index contributed by atoms with van der Waals surface area (Å²) in [4.78, 5) is 11.2. The van der Waals surface area contributed by atoms with Crippen LogP contribution in [0.4, 0.5) is 10.1 Å². The highest BCUT2D eigenvalue weighted by Gasteiger charge is 2.25. The largest absolute Gasteiger partial charge is 0.273 e. The van der Waals surface area contributed by atoms with Gasteiger partial charge in [0.05, 0.1) is 16.7 Å². The molecule has 1 heterocycles. The number of rotatable bonds is 7. The highest BCUT2D eigenvalue weighted by Crippen LogP contribution is 2.28. The van der Waals surface area contributed by atoms with E-state index in [0.717, 1.165) is 4.88 Å². The molecule has 0 aliphatic heterocycles. The van der Waals surface area contributed by atoms with E-state index in [0.29, 0.717) is 5.56 Å². The lowest BCUT2D eigenvalue weighted by molar-refractivity contribution is -0.385. The first-order chi connectivity index (χ1) is 12.9. The fourth-order valence-corrected chi connectivity index (χ4v) is 4.87. The second kappa shape index (κ2) is 7.95. The number of hydrogen-bond donors (Lipinski definition) is 1. The van der Waals surface area contributed by atoms with Gasteiger partial charge in [-0.05, 0) is 29.1 Å². The number of halogens is 1. The van der Waals surface area contributed by atoms with Crippen LogP contribution in [0.2, 0.25) is 0 Å². The molecule has 1 aromatic heterocycles. The van der Waals surface area contributed by atoms with Crippen molar-refractivity contribution in [2.45, 2.75) is 11.8 Å². The standard InChI is InChI=1S/C18H15FN2O4S2/c19-15-9-7-13(8-10-15)18(17-6-3-11-26-17)20-27(24,25)12-14-4-1-2-5-16(14)21(22)23/h1-11,18,20H,12H2. The maximum Gasteiger partial charge on any atom is 0.273 e. The second-order valence-corrected chi connectivity index (χ2v) is 8.50. The Balaban J connectivity index is 1.91. The SMILES string of the molecule is O=[N+]([O-])c1ccccc1CS(=O)(=O)NC(c1ccc(F)cc1)c1cccs1. The van der Waals surface area contributed by atoms with Gasteiger partial charge in [-0.2, -0.15) is 0 Å². The minimum absolute atomic E-state index is 0.0963. The van der Waals surface area contributed by atoms with E-state index < -0.39 is 32.6 Å². The molecule has 1 atom stereocenters. The number of nitrogens with one attached hydrogen (secondary N) is 1. The molecule has 3 rings (SSSR count). The van der Waals surface area contributed by atoms with E-state index in [4.69, 9.17) is 0 Å². The zero-order valence-corrected chi connectivity index (χ0v) is 15.5. The average Bonchev–Trinajstić information content (AvgIpc) is 3.15. The van der Waals surface area contributed by atoms with Crippen molar-refractivity contribution in [1.29, 1.82) is 0 Å². The van der Waals surface area contributed by atoms with Crippen LogP contribution < -0.4 is 4.72 Å². The fraction of sp³-hybridized carbons (Fsp3) is 0.111. The van der Waals surface area contributed by atoms with E-state index in [2.05, 4.69) is 4.72 Å². The first kappa shape index (κ1) is 19.2. The van der Waals surface area contributed by atoms with Crippen LogP contribution in [-0.2, 0) is 15.8 Å². The highest BCUT2D eigenvalue weighted by molar-refractivity contribution is 7.88. The van der Waals surface area contributed by atoms with Gasteiger partial charge < -0.3 is 0 Å². The molecule has 0 saturated carbocycles. The molecule has 6 nitrogen and oxygen atoms in total. The van der Waals surface area contributed by atoms with Crippen LogP contribution in [0.25, 0.3) is 0 Å². The Labute approximate surface area is 159 Å². The summed E-state index contributed by atoms with van der Waals surface area (Å²) in [6.45, 7) is 0. The van der Waals surface area contributed by atoms with Crippen LogP contribution in [-0.4, -0.2) is 13.3 Å². The second-order valence-electron chi connectivity index (χ2n) is 5.76. The Kier molecular flexibility index (Phi) is 5.64. The van der Waals surface area contributed by atoms with Gasteiger partial charge in [0, 0.05) is 16.5 Å². The molecule has 0 spiro atoms. The first-order valence-corrected chi connectivity index (χ1v) is 10.4. The minimum atomic E-state index is -3.92. The summed E-state index contributed by atoms with van der Waals surface area (Å²) in [5, 5.41) is 12.9. The summed E-state index contributed by atoms with van der Waals surface area (Å²) in [5.74, 6) is -0.959. The number of nitro benzene ring substituents is 1. The number of para-hydroxylation sites is 1. The topological polar surface area (TPSA) is 89.3 Å². The minimum Gasteiger partial charge on any atom is -0.258 e. The third kappa shape index (κ3) is 4.76. The van der Waals surface area contributed by atoms with Gasteiger partial charge in [-0.25, -0.2) is 17.5 Å². The van der Waals surface area contributed by atoms with Crippen molar-refractivity contribution in [2.24, 2.45) is 0 Å². The summed E-state index contributed by atoms with van der Waals surface area (Å²) in [6.07, 6.45) is 0. The Morgan fingerprint density at radius 3 is 2.41 bits per heavy atom. The summed E-state index contributed by atoms with van der Waals surface area (Å²) < 4.78 is 41.3. The lowest BCUT2D eigenvalue weighted by atomic mass is 10.1. The molecule has 1 unspecified atom stereocenters. The van der Waals surface area contributed by atoms with Crippen LogP contribution in [0.3, 0.4) is 0 Å². The van der Waals surface area contributed by atoms with E-state index in [9.17, 15) is 22.9 Å². The van der Waals surface area contributed by atoms with Crippen LogP contribution in [0.15, 0.2) is 66.0 Å². The van der Waals surface area contributed by atoms with Crippen molar-refractivity contribution < 1.29 is 17.7 Å². The van der Waals surface area contributed by atoms with Crippen LogP contribution in [0.1, 0.15) is 22.0 Å². The highest BCUT2D eigenvalue weighted by atomic mass is 32.2. The van der Waals surface area contributed by atoms with Crippen molar-refractivity contribution in [2.75, 3.05) is 0 Å². The molecule has 3 aromatic rings. The van der Waals surface area contributed by atoms with E-state index in [1.54, 1.807) is 18.2 Å². The maximum absolute atomic E-state index is 13.2. The summed E-state index contributed by atoms with van der Waals surface area (Å²) in [7, 11) is -3.92. The van der Waals surface area contributed by atoms with Crippen LogP contribution in [0.5, 0.6) is 0 Å². The molecule has 0 amide bonds. The Morgan fingerprint density at radius 2 is 1.78 bits per heavy atom. The predicted molar refractivity (Wildman–Crippen MR) is 101 cm³/mol. The number of nitro groups is 1. The first-order valence-electron chi connectivity index (χ1n) is 7.87. The van der Waals surface area contributed by atoms with E-state index in [1.807, 2.05) is 5.38 Å². The Hall–Kier alpha value is -2.62. The van der Waals surface area contributed by atoms with Crippen molar-refractivity contribution in [3.63, 3.8) is 0 Å². The molecule has 0 fully saturated rings. The molecular formula is C18H15FN2O4S2. The van der Waals surface area contributed by atoms with Crippen molar-refractivity contribution >= 4 is 27.0 Å². The average molecular weight is 406 g/mol. The van der Waals surface area contributed by atoms with Gasteiger partial charge in [0.15, 0.2) is 0 Å². The zero-order chi connectivity index (χ0) is 19.4. The monoisotopic (exact) mass is 406 g/mol. The van der Waals surface area contributed by atoms with E-state index in [-0.39, 0.29) is 11.3 Å². The molecule has 0 aliphatic carbocycles. The molecule has 0 saturated heterocycles. The third-order valence-electron chi connectivity index (χ3n) is 3.86. The van der Waals surface area contributed by atoms with Gasteiger partial charge in [-0.15, -0.1) is 11.3 Å². The molecule has 9 heteroatoms. The maximum atomic E-state index is 13.2. The Bertz CT molecular complexity index is 1040. The molecular weight excluding hydrogens is 391 g/mol. The molecule has 0 bridgehead atoms. The fourth-order valence-electron chi connectivity index (χ4n) is 2.64. The van der Waals surface area contributed by atoms with Crippen LogP contribution in [0, 0.1) is 15.9 Å². The summed E-state index contributed by atoms with van der Waals surface area (Å²) >= 11 is 1.36. The van der Waals surface area contributed by atoms with Gasteiger partial charge in [-0.1, -0.05) is 36.4 Å². The van der Waals surface area contributed by atoms with Gasteiger partial charge in [0.25, 0.3) is 5.69 Å². The normalized spacial score (nSPS) is 12.6. The number of benzene rings is 2. The van der Waals surface area contributed by atoms with Crippen LogP contribution >= 0.6 is 11.3 Å². The number of thiophene rings is 1. The van der Waals surface area contributed by atoms with Gasteiger partial charge in [0.2, 0.25) is 10.0 Å². The number of sulfonamides is 1. The molecule has 27 heavy (non-hydrogen) atoms.